The van der Waals surface area contributed by atoms with E-state index in [0.717, 1.165) is 89.9 Å². The van der Waals surface area contributed by atoms with E-state index in [0.29, 0.717) is 19.3 Å². The van der Waals surface area contributed by atoms with E-state index in [1.165, 1.54) is 96.3 Å². The van der Waals surface area contributed by atoms with Gasteiger partial charge in [-0.2, -0.15) is 0 Å². The number of hydrogen-bond donors (Lipinski definition) is 0. The van der Waals surface area contributed by atoms with Crippen LogP contribution in [-0.4, -0.2) is 37.2 Å². The van der Waals surface area contributed by atoms with E-state index >= 15 is 0 Å². The van der Waals surface area contributed by atoms with Crippen molar-refractivity contribution in [3.8, 4) is 0 Å². The summed E-state index contributed by atoms with van der Waals surface area (Å²) in [5.41, 5.74) is 0. The quantitative estimate of drug-likeness (QED) is 0.0263. The average Bonchev–Trinajstić information content (AvgIpc) is 3.24. The van der Waals surface area contributed by atoms with Gasteiger partial charge < -0.3 is 14.2 Å². The number of carbonyl (C=O) groups excluding carboxylic acids is 3. The molecule has 0 rings (SSSR count). The maximum absolute atomic E-state index is 12.7. The Labute approximate surface area is 370 Å². The van der Waals surface area contributed by atoms with E-state index in [9.17, 15) is 14.4 Å². The molecule has 0 aromatic carbocycles. The van der Waals surface area contributed by atoms with Crippen LogP contribution in [0.3, 0.4) is 0 Å². The van der Waals surface area contributed by atoms with Crippen LogP contribution in [0.1, 0.15) is 233 Å². The van der Waals surface area contributed by atoms with E-state index in [2.05, 4.69) is 93.7 Å². The second-order valence-electron chi connectivity index (χ2n) is 16.3. The highest BCUT2D eigenvalue weighted by Gasteiger charge is 2.19. The maximum atomic E-state index is 12.7. The number of rotatable bonds is 44. The second-order valence-corrected chi connectivity index (χ2v) is 16.3. The Morgan fingerprint density at radius 3 is 1.02 bits per heavy atom. The lowest BCUT2D eigenvalue weighted by Gasteiger charge is -2.18. The Hall–Kier alpha value is -3.15. The molecule has 0 aliphatic rings. The molecule has 1 unspecified atom stereocenters. The summed E-state index contributed by atoms with van der Waals surface area (Å²) in [5.74, 6) is -0.983. The Morgan fingerprint density at radius 1 is 0.350 bits per heavy atom. The van der Waals surface area contributed by atoms with Gasteiger partial charge in [0.15, 0.2) is 6.10 Å². The number of ether oxygens (including phenoxy) is 3. The van der Waals surface area contributed by atoms with Crippen LogP contribution in [0, 0.1) is 0 Å². The highest BCUT2D eigenvalue weighted by atomic mass is 16.6. The summed E-state index contributed by atoms with van der Waals surface area (Å²) in [6.45, 7) is 6.34. The van der Waals surface area contributed by atoms with Gasteiger partial charge in [0, 0.05) is 19.3 Å². The summed E-state index contributed by atoms with van der Waals surface area (Å²) in [7, 11) is 0. The Morgan fingerprint density at radius 2 is 0.650 bits per heavy atom. The van der Waals surface area contributed by atoms with Gasteiger partial charge in [-0.1, -0.05) is 203 Å². The number of carbonyl (C=O) groups is 3. The zero-order valence-corrected chi connectivity index (χ0v) is 39.2. The highest BCUT2D eigenvalue weighted by Crippen LogP contribution is 2.15. The molecule has 0 heterocycles. The van der Waals surface area contributed by atoms with E-state index < -0.39 is 6.10 Å². The molecule has 0 fully saturated rings. The first-order valence-corrected chi connectivity index (χ1v) is 24.9. The first-order chi connectivity index (χ1) is 29.5. The Balaban J connectivity index is 4.39. The van der Waals surface area contributed by atoms with Gasteiger partial charge >= 0.3 is 17.9 Å². The van der Waals surface area contributed by atoms with Crippen molar-refractivity contribution >= 4 is 17.9 Å². The third-order valence-corrected chi connectivity index (χ3v) is 10.5. The minimum atomic E-state index is -0.807. The van der Waals surface area contributed by atoms with Gasteiger partial charge in [-0.25, -0.2) is 0 Å². The Kier molecular flexibility index (Phi) is 46.0. The van der Waals surface area contributed by atoms with Crippen LogP contribution in [-0.2, 0) is 28.6 Å². The zero-order chi connectivity index (χ0) is 43.7. The molecule has 60 heavy (non-hydrogen) atoms. The highest BCUT2D eigenvalue weighted by molar-refractivity contribution is 5.71. The molecule has 344 valence electrons. The molecule has 0 aliphatic heterocycles. The topological polar surface area (TPSA) is 78.9 Å². The third-order valence-electron chi connectivity index (χ3n) is 10.5. The number of unbranched alkanes of at least 4 members (excludes halogenated alkanes) is 21. The predicted octanol–water partition coefficient (Wildman–Crippen LogP) is 16.3. The minimum Gasteiger partial charge on any atom is -0.462 e. The average molecular weight is 837 g/mol. The molecule has 0 spiro atoms. The first kappa shape index (κ1) is 56.9. The molecular weight excluding hydrogens is 745 g/mol. The molecule has 0 N–H and O–H groups in total. The fourth-order valence-electron chi connectivity index (χ4n) is 6.76. The summed E-state index contributed by atoms with van der Waals surface area (Å²) >= 11 is 0. The fourth-order valence-corrected chi connectivity index (χ4v) is 6.76. The lowest BCUT2D eigenvalue weighted by Crippen LogP contribution is -2.30. The lowest BCUT2D eigenvalue weighted by atomic mass is 10.0. The van der Waals surface area contributed by atoms with Crippen LogP contribution in [0.5, 0.6) is 0 Å². The van der Waals surface area contributed by atoms with Crippen molar-refractivity contribution in [2.24, 2.45) is 0 Å². The molecule has 0 aliphatic carbocycles. The van der Waals surface area contributed by atoms with Crippen molar-refractivity contribution in [2.75, 3.05) is 13.2 Å². The summed E-state index contributed by atoms with van der Waals surface area (Å²) in [6.07, 6.45) is 60.5. The largest absolute Gasteiger partial charge is 0.462 e. The van der Waals surface area contributed by atoms with Crippen molar-refractivity contribution in [1.82, 2.24) is 0 Å². The number of hydrogen-bond acceptors (Lipinski definition) is 6. The summed E-state index contributed by atoms with van der Waals surface area (Å²) in [5, 5.41) is 0. The van der Waals surface area contributed by atoms with Crippen LogP contribution in [0.25, 0.3) is 0 Å². The molecule has 1 atom stereocenters. The molecular formula is C54H92O6. The van der Waals surface area contributed by atoms with E-state index in [1.807, 2.05) is 0 Å². The van der Waals surface area contributed by atoms with Crippen molar-refractivity contribution in [3.05, 3.63) is 72.9 Å². The van der Waals surface area contributed by atoms with E-state index in [-0.39, 0.29) is 37.5 Å². The van der Waals surface area contributed by atoms with E-state index in [1.54, 1.807) is 0 Å². The van der Waals surface area contributed by atoms with Gasteiger partial charge in [0.25, 0.3) is 0 Å². The Bertz CT molecular complexity index is 1140. The molecule has 0 saturated carbocycles. The van der Waals surface area contributed by atoms with Crippen LogP contribution in [0.4, 0.5) is 0 Å². The molecule has 6 heteroatoms. The van der Waals surface area contributed by atoms with Crippen molar-refractivity contribution in [1.29, 1.82) is 0 Å². The van der Waals surface area contributed by atoms with E-state index in [4.69, 9.17) is 14.2 Å². The van der Waals surface area contributed by atoms with Crippen molar-refractivity contribution in [3.63, 3.8) is 0 Å². The SMILES string of the molecule is CC/C=C\C/C=C\C/C=C\CCCCC(=O)OCC(COC(=O)CCCCCCCCCCCCCCCCCCCC)OC(=O)CCCC/C=C\C/C=C\C/C=C\CC. The van der Waals surface area contributed by atoms with Gasteiger partial charge in [0.05, 0.1) is 0 Å². The third kappa shape index (κ3) is 45.9. The van der Waals surface area contributed by atoms with Crippen LogP contribution in [0.2, 0.25) is 0 Å². The molecule has 0 saturated heterocycles. The smallest absolute Gasteiger partial charge is 0.306 e. The molecule has 0 bridgehead atoms. The van der Waals surface area contributed by atoms with Crippen molar-refractivity contribution in [2.45, 2.75) is 239 Å². The number of allylic oxidation sites excluding steroid dienone is 12. The maximum Gasteiger partial charge on any atom is 0.306 e. The molecule has 0 radical (unpaired) electrons. The second kappa shape index (κ2) is 48.5. The van der Waals surface area contributed by atoms with Gasteiger partial charge in [-0.3, -0.25) is 14.4 Å². The monoisotopic (exact) mass is 837 g/mol. The summed E-state index contributed by atoms with van der Waals surface area (Å²) < 4.78 is 16.7. The lowest BCUT2D eigenvalue weighted by molar-refractivity contribution is -0.167. The predicted molar refractivity (Wildman–Crippen MR) is 256 cm³/mol. The minimum absolute atomic E-state index is 0.102. The molecule has 0 aromatic heterocycles. The standard InChI is InChI=1S/C54H92O6/c1-4-7-10-13-16-19-22-25-26-27-28-29-30-33-35-38-41-44-47-53(56)59-50-51(60-54(57)48-45-42-39-36-32-24-21-18-15-12-9-6-3)49-58-52(55)46-43-40-37-34-31-23-20-17-14-11-8-5-2/h8-9,11-12,17-18,20-21,31-32,34,36,51H,4-7,10,13-16,19,22-30,33,35,37-50H2,1-3H3/b11-8-,12-9-,20-17-,21-18-,34-31-,36-32-. The molecule has 0 amide bonds. The normalized spacial score (nSPS) is 12.7. The van der Waals surface area contributed by atoms with Crippen molar-refractivity contribution < 1.29 is 28.6 Å². The fraction of sp³-hybridized carbons (Fsp3) is 0.722. The molecule has 6 nitrogen and oxygen atoms in total. The number of esters is 3. The molecule has 0 aromatic rings. The first-order valence-electron chi connectivity index (χ1n) is 24.9. The van der Waals surface area contributed by atoms with Gasteiger partial charge in [-0.05, 0) is 83.5 Å². The van der Waals surface area contributed by atoms with Gasteiger partial charge in [-0.15, -0.1) is 0 Å². The summed E-state index contributed by atoms with van der Waals surface area (Å²) in [4.78, 5) is 37.8. The van der Waals surface area contributed by atoms with Crippen LogP contribution < -0.4 is 0 Å². The van der Waals surface area contributed by atoms with Crippen LogP contribution >= 0.6 is 0 Å². The van der Waals surface area contributed by atoms with Gasteiger partial charge in [0.1, 0.15) is 13.2 Å². The summed E-state index contributed by atoms with van der Waals surface area (Å²) in [6, 6.07) is 0. The van der Waals surface area contributed by atoms with Gasteiger partial charge in [0.2, 0.25) is 0 Å². The van der Waals surface area contributed by atoms with Crippen LogP contribution in [0.15, 0.2) is 72.9 Å². The zero-order valence-electron chi connectivity index (χ0n) is 39.2.